The van der Waals surface area contributed by atoms with E-state index >= 15 is 0 Å². The van der Waals surface area contributed by atoms with Crippen LogP contribution in [0.15, 0.2) is 43.0 Å². The lowest BCUT2D eigenvalue weighted by molar-refractivity contribution is 0.469. The van der Waals surface area contributed by atoms with Crippen molar-refractivity contribution in [1.29, 1.82) is 0 Å². The minimum Gasteiger partial charge on any atom is -0.348 e. The highest BCUT2D eigenvalue weighted by molar-refractivity contribution is 5.78. The summed E-state index contributed by atoms with van der Waals surface area (Å²) in [5, 5.41) is 15.6. The number of anilines is 1. The molecule has 1 aliphatic heterocycles. The molecule has 0 radical (unpaired) electrons. The van der Waals surface area contributed by atoms with Gasteiger partial charge in [-0.1, -0.05) is 0 Å². The van der Waals surface area contributed by atoms with Gasteiger partial charge < -0.3 is 10.6 Å². The molecule has 4 aromatic rings. The smallest absolute Gasteiger partial charge is 0.241 e. The van der Waals surface area contributed by atoms with E-state index in [0.717, 1.165) is 35.5 Å². The van der Waals surface area contributed by atoms with E-state index in [-0.39, 0.29) is 0 Å². The van der Waals surface area contributed by atoms with Crippen LogP contribution in [-0.2, 0) is 0 Å². The van der Waals surface area contributed by atoms with Crippen LogP contribution in [0.25, 0.3) is 22.4 Å². The average molecular weight is 306 g/mol. The molecular weight excluding hydrogens is 292 g/mol. The molecular formula is C15H14N8. The topological polar surface area (TPSA) is 84.4 Å². The molecule has 23 heavy (non-hydrogen) atoms. The van der Waals surface area contributed by atoms with Gasteiger partial charge in [-0.2, -0.15) is 5.10 Å². The van der Waals surface area contributed by atoms with Gasteiger partial charge in [0.2, 0.25) is 5.95 Å². The van der Waals surface area contributed by atoms with Crippen LogP contribution < -0.4 is 10.6 Å². The molecule has 1 aliphatic rings. The van der Waals surface area contributed by atoms with Gasteiger partial charge in [0.25, 0.3) is 0 Å². The maximum atomic E-state index is 4.58. The van der Waals surface area contributed by atoms with Crippen molar-refractivity contribution in [2.45, 2.75) is 6.04 Å². The summed E-state index contributed by atoms with van der Waals surface area (Å²) in [7, 11) is 0. The molecule has 1 fully saturated rings. The van der Waals surface area contributed by atoms with Crippen molar-refractivity contribution in [2.75, 3.05) is 18.4 Å². The number of fused-ring (bicyclic) bond motifs is 2. The fourth-order valence-electron chi connectivity index (χ4n) is 2.72. The highest BCUT2D eigenvalue weighted by Crippen LogP contribution is 2.23. The maximum Gasteiger partial charge on any atom is 0.241 e. The lowest BCUT2D eigenvalue weighted by atomic mass is 10.2. The van der Waals surface area contributed by atoms with Gasteiger partial charge in [0.1, 0.15) is 0 Å². The molecule has 0 saturated carbocycles. The second-order valence-electron chi connectivity index (χ2n) is 5.59. The number of nitrogens with zero attached hydrogens (tertiary/aromatic N) is 6. The van der Waals surface area contributed by atoms with Crippen LogP contribution in [0.5, 0.6) is 0 Å². The molecule has 0 aliphatic carbocycles. The van der Waals surface area contributed by atoms with E-state index in [1.54, 1.807) is 10.7 Å². The minimum absolute atomic E-state index is 0.410. The van der Waals surface area contributed by atoms with Gasteiger partial charge in [0.15, 0.2) is 5.65 Å². The van der Waals surface area contributed by atoms with Gasteiger partial charge in [-0.15, -0.1) is 5.10 Å². The van der Waals surface area contributed by atoms with Crippen LogP contribution in [0.1, 0.15) is 0 Å². The summed E-state index contributed by atoms with van der Waals surface area (Å²) in [5.41, 5.74) is 3.62. The van der Waals surface area contributed by atoms with Gasteiger partial charge in [-0.3, -0.25) is 0 Å². The molecule has 8 heteroatoms. The zero-order chi connectivity index (χ0) is 15.2. The molecule has 0 aromatic carbocycles. The van der Waals surface area contributed by atoms with Crippen molar-refractivity contribution < 1.29 is 0 Å². The first-order valence-electron chi connectivity index (χ1n) is 7.49. The van der Waals surface area contributed by atoms with E-state index in [0.29, 0.717) is 12.0 Å². The van der Waals surface area contributed by atoms with Crippen LogP contribution in [0, 0.1) is 0 Å². The van der Waals surface area contributed by atoms with E-state index < -0.39 is 0 Å². The summed E-state index contributed by atoms with van der Waals surface area (Å²) >= 11 is 0. The molecule has 0 spiro atoms. The van der Waals surface area contributed by atoms with Crippen molar-refractivity contribution in [3.63, 3.8) is 0 Å². The van der Waals surface area contributed by atoms with Crippen molar-refractivity contribution in [3.05, 3.63) is 43.0 Å². The first-order valence-corrected chi connectivity index (χ1v) is 7.49. The number of nitrogens with one attached hydrogen (secondary N) is 2. The zero-order valence-electron chi connectivity index (χ0n) is 12.2. The molecule has 114 valence electrons. The molecule has 0 atom stereocenters. The third kappa shape index (κ3) is 2.03. The summed E-state index contributed by atoms with van der Waals surface area (Å²) in [5.74, 6) is 0.643. The molecule has 0 amide bonds. The summed E-state index contributed by atoms with van der Waals surface area (Å²) in [6.45, 7) is 1.90. The van der Waals surface area contributed by atoms with E-state index in [1.165, 1.54) is 0 Å². The number of hydrogen-bond acceptors (Lipinski definition) is 6. The van der Waals surface area contributed by atoms with Gasteiger partial charge >= 0.3 is 0 Å². The Morgan fingerprint density at radius 2 is 2.00 bits per heavy atom. The quantitative estimate of drug-likeness (QED) is 0.583. The van der Waals surface area contributed by atoms with Crippen LogP contribution in [0.2, 0.25) is 0 Å². The molecule has 0 bridgehead atoms. The molecule has 4 aromatic heterocycles. The molecule has 5 heterocycles. The Labute approximate surface area is 131 Å². The number of aromatic nitrogens is 6. The summed E-state index contributed by atoms with van der Waals surface area (Å²) in [4.78, 5) is 8.64. The zero-order valence-corrected chi connectivity index (χ0v) is 12.2. The van der Waals surface area contributed by atoms with Crippen molar-refractivity contribution in [1.82, 2.24) is 34.5 Å². The van der Waals surface area contributed by atoms with Crippen LogP contribution in [-0.4, -0.2) is 48.3 Å². The van der Waals surface area contributed by atoms with Crippen LogP contribution in [0.3, 0.4) is 0 Å². The van der Waals surface area contributed by atoms with Gasteiger partial charge in [-0.25, -0.2) is 19.0 Å². The Hall–Kier alpha value is -3.00. The summed E-state index contributed by atoms with van der Waals surface area (Å²) in [6.07, 6.45) is 7.33. The average Bonchev–Trinajstić information content (AvgIpc) is 3.16. The Kier molecular flexibility index (Phi) is 2.59. The van der Waals surface area contributed by atoms with Crippen LogP contribution in [0.4, 0.5) is 5.95 Å². The van der Waals surface area contributed by atoms with Crippen molar-refractivity contribution >= 4 is 17.1 Å². The van der Waals surface area contributed by atoms with Gasteiger partial charge in [-0.05, 0) is 18.2 Å². The van der Waals surface area contributed by atoms with Gasteiger partial charge in [0, 0.05) is 37.2 Å². The maximum absolute atomic E-state index is 4.58. The monoisotopic (exact) mass is 306 g/mol. The minimum atomic E-state index is 0.410. The second kappa shape index (κ2) is 4.75. The first kappa shape index (κ1) is 12.5. The SMILES string of the molecule is c1cn2nc(-c3ccn4nc(NC5CNC5)ncc34)ccc2n1. The first-order chi connectivity index (χ1) is 11.4. The lowest BCUT2D eigenvalue weighted by Crippen LogP contribution is -2.51. The van der Waals surface area contributed by atoms with Gasteiger partial charge in [0.05, 0.1) is 23.4 Å². The highest BCUT2D eigenvalue weighted by atomic mass is 15.3. The molecule has 0 unspecified atom stereocenters. The largest absolute Gasteiger partial charge is 0.348 e. The lowest BCUT2D eigenvalue weighted by Gasteiger charge is -2.27. The van der Waals surface area contributed by atoms with Crippen molar-refractivity contribution in [3.8, 4) is 11.3 Å². The predicted octanol–water partition coefficient (Wildman–Crippen LogP) is 0.823. The molecule has 1 saturated heterocycles. The van der Waals surface area contributed by atoms with E-state index in [9.17, 15) is 0 Å². The predicted molar refractivity (Wildman–Crippen MR) is 85.2 cm³/mol. The fraction of sp³-hybridized carbons (Fsp3) is 0.200. The molecule has 5 rings (SSSR count). The standard InChI is InChI=1S/C15H14N8/c1-2-14-17-4-6-23(14)20-12(1)11-3-5-22-13(11)9-18-15(21-22)19-10-7-16-8-10/h1-6,9-10,16H,7-8H2,(H,19,21). The van der Waals surface area contributed by atoms with Crippen molar-refractivity contribution in [2.24, 2.45) is 0 Å². The van der Waals surface area contributed by atoms with Crippen LogP contribution >= 0.6 is 0 Å². The Bertz CT molecular complexity index is 997. The van der Waals surface area contributed by atoms with E-state index in [4.69, 9.17) is 0 Å². The Balaban J connectivity index is 1.55. The Morgan fingerprint density at radius 3 is 2.87 bits per heavy atom. The summed E-state index contributed by atoms with van der Waals surface area (Å²) in [6, 6.07) is 6.33. The highest BCUT2D eigenvalue weighted by Gasteiger charge is 2.17. The number of rotatable bonds is 3. The second-order valence-corrected chi connectivity index (χ2v) is 5.59. The molecule has 2 N–H and O–H groups in total. The van der Waals surface area contributed by atoms with E-state index in [1.807, 2.05) is 41.3 Å². The fourth-order valence-corrected chi connectivity index (χ4v) is 2.72. The number of hydrogen-bond donors (Lipinski definition) is 2. The normalized spacial score (nSPS) is 15.1. The Morgan fingerprint density at radius 1 is 1.04 bits per heavy atom. The third-order valence-corrected chi connectivity index (χ3v) is 4.06. The van der Waals surface area contributed by atoms with E-state index in [2.05, 4.69) is 30.8 Å². The number of imidazole rings is 1. The molecule has 8 nitrogen and oxygen atoms in total. The summed E-state index contributed by atoms with van der Waals surface area (Å²) < 4.78 is 3.59. The third-order valence-electron chi connectivity index (χ3n) is 4.06.